The van der Waals surface area contributed by atoms with Crippen LogP contribution in [0.5, 0.6) is 0 Å². The lowest BCUT2D eigenvalue weighted by molar-refractivity contribution is -0.0104. The fraction of sp³-hybridized carbons (Fsp3) is 0.929. The molecule has 0 bridgehead atoms. The van der Waals surface area contributed by atoms with Crippen molar-refractivity contribution in [3.63, 3.8) is 0 Å². The Kier molecular flexibility index (Phi) is 18.3. The predicted octanol–water partition coefficient (Wildman–Crippen LogP) is -1.04. The fourth-order valence-corrected chi connectivity index (χ4v) is 1.40. The van der Waals surface area contributed by atoms with Crippen LogP contribution in [0.3, 0.4) is 0 Å². The average molecular weight is 337 g/mol. The number of carbonyl (C=O) groups is 1. The van der Waals surface area contributed by atoms with Gasteiger partial charge in [-0.2, -0.15) is 0 Å². The molecule has 0 saturated carbocycles. The van der Waals surface area contributed by atoms with E-state index in [-0.39, 0.29) is 0 Å². The summed E-state index contributed by atoms with van der Waals surface area (Å²) in [6, 6.07) is -0.549. The molecule has 9 nitrogen and oxygen atoms in total. The highest BCUT2D eigenvalue weighted by Gasteiger charge is 1.94. The minimum absolute atomic E-state index is 0.402. The van der Waals surface area contributed by atoms with Crippen LogP contribution in [-0.4, -0.2) is 92.2 Å². The number of nitrogens with one attached hydrogen (secondary N) is 2. The minimum Gasteiger partial charge on any atom is -0.378 e. The second kappa shape index (κ2) is 19.1. The zero-order valence-electron chi connectivity index (χ0n) is 14.0. The molecule has 0 heterocycles. The Balaban J connectivity index is 2.96. The lowest BCUT2D eigenvalue weighted by Crippen LogP contribution is -2.32. The van der Waals surface area contributed by atoms with Crippen molar-refractivity contribution in [3.05, 3.63) is 0 Å². The third kappa shape index (κ3) is 21.0. The lowest BCUT2D eigenvalue weighted by atomic mass is 10.6. The zero-order chi connectivity index (χ0) is 17.0. The molecule has 0 rings (SSSR count). The zero-order valence-corrected chi connectivity index (χ0v) is 14.0. The molecule has 0 aromatic carbocycles. The molecule has 0 spiro atoms. The molecule has 0 aliphatic heterocycles. The number of likely N-dealkylation sites (N-methyl/N-ethyl adjacent to an activating group) is 1. The summed E-state index contributed by atoms with van der Waals surface area (Å²) >= 11 is 0. The Bertz CT molecular complexity index is 259. The van der Waals surface area contributed by atoms with Crippen LogP contribution in [0, 0.1) is 0 Å². The van der Waals surface area contributed by atoms with E-state index in [0.29, 0.717) is 72.6 Å². The van der Waals surface area contributed by atoms with Crippen molar-refractivity contribution in [2.24, 2.45) is 5.73 Å². The van der Waals surface area contributed by atoms with E-state index >= 15 is 0 Å². The van der Waals surface area contributed by atoms with Crippen LogP contribution in [0.1, 0.15) is 0 Å². The van der Waals surface area contributed by atoms with Crippen LogP contribution in [0.2, 0.25) is 0 Å². The molecule has 0 radical (unpaired) electrons. The summed E-state index contributed by atoms with van der Waals surface area (Å²) in [7, 11) is 1.89. The van der Waals surface area contributed by atoms with Gasteiger partial charge in [-0.25, -0.2) is 4.79 Å². The molecule has 9 heteroatoms. The first kappa shape index (κ1) is 22.0. The van der Waals surface area contributed by atoms with Crippen molar-refractivity contribution in [1.82, 2.24) is 10.6 Å². The summed E-state index contributed by atoms with van der Waals surface area (Å²) in [6.45, 7) is 6.60. The van der Waals surface area contributed by atoms with Crippen molar-refractivity contribution in [1.29, 1.82) is 0 Å². The highest BCUT2D eigenvalue weighted by Crippen LogP contribution is 1.83. The van der Waals surface area contributed by atoms with Crippen molar-refractivity contribution >= 4 is 6.03 Å². The van der Waals surface area contributed by atoms with E-state index in [0.717, 1.165) is 6.54 Å². The Morgan fingerprint density at radius 3 is 1.39 bits per heavy atom. The number of amides is 2. The molecule has 0 saturated heterocycles. The smallest absolute Gasteiger partial charge is 0.312 e. The summed E-state index contributed by atoms with van der Waals surface area (Å²) < 4.78 is 26.5. The molecule has 23 heavy (non-hydrogen) atoms. The molecule has 0 aromatic heterocycles. The largest absolute Gasteiger partial charge is 0.378 e. The first-order chi connectivity index (χ1) is 11.3. The standard InChI is InChI=1S/C14H31N3O6/c1-16-2-4-19-6-8-21-10-12-23-13-11-22-9-7-20-5-3-17-14(15)18/h16H,2-13H2,1H3,(H3,15,17,18). The van der Waals surface area contributed by atoms with Crippen LogP contribution in [0.15, 0.2) is 0 Å². The number of rotatable bonds is 18. The fourth-order valence-electron chi connectivity index (χ4n) is 1.40. The van der Waals surface area contributed by atoms with Crippen LogP contribution in [0.25, 0.3) is 0 Å². The number of urea groups is 1. The van der Waals surface area contributed by atoms with E-state index in [9.17, 15) is 4.79 Å². The van der Waals surface area contributed by atoms with Gasteiger partial charge in [-0.3, -0.25) is 0 Å². The van der Waals surface area contributed by atoms with Gasteiger partial charge in [0, 0.05) is 13.1 Å². The molecule has 0 fully saturated rings. The van der Waals surface area contributed by atoms with Gasteiger partial charge in [-0.15, -0.1) is 0 Å². The number of hydrogen-bond acceptors (Lipinski definition) is 7. The maximum absolute atomic E-state index is 10.4. The summed E-state index contributed by atoms with van der Waals surface area (Å²) in [5, 5.41) is 5.43. The third-order valence-corrected chi connectivity index (χ3v) is 2.53. The van der Waals surface area contributed by atoms with E-state index in [2.05, 4.69) is 10.6 Å². The molecule has 0 atom stereocenters. The topological polar surface area (TPSA) is 113 Å². The molecular formula is C14H31N3O6. The Morgan fingerprint density at radius 1 is 0.696 bits per heavy atom. The first-order valence-corrected chi connectivity index (χ1v) is 7.84. The van der Waals surface area contributed by atoms with Crippen LogP contribution < -0.4 is 16.4 Å². The van der Waals surface area contributed by atoms with Crippen molar-refractivity contribution in [2.75, 3.05) is 86.2 Å². The third-order valence-electron chi connectivity index (χ3n) is 2.53. The predicted molar refractivity (Wildman–Crippen MR) is 85.6 cm³/mol. The Morgan fingerprint density at radius 2 is 1.04 bits per heavy atom. The molecular weight excluding hydrogens is 306 g/mol. The van der Waals surface area contributed by atoms with Gasteiger partial charge in [0.15, 0.2) is 0 Å². The maximum atomic E-state index is 10.4. The maximum Gasteiger partial charge on any atom is 0.312 e. The number of hydrogen-bond donors (Lipinski definition) is 3. The van der Waals surface area contributed by atoms with E-state index in [1.807, 2.05) is 7.05 Å². The van der Waals surface area contributed by atoms with Crippen molar-refractivity contribution in [3.8, 4) is 0 Å². The van der Waals surface area contributed by atoms with E-state index in [1.54, 1.807) is 0 Å². The van der Waals surface area contributed by atoms with Gasteiger partial charge < -0.3 is 40.1 Å². The molecule has 4 N–H and O–H groups in total. The quantitative estimate of drug-likeness (QED) is 0.274. The average Bonchev–Trinajstić information content (AvgIpc) is 2.53. The minimum atomic E-state index is -0.549. The van der Waals surface area contributed by atoms with Gasteiger partial charge >= 0.3 is 6.03 Å². The summed E-state index contributed by atoms with van der Waals surface area (Å²) in [4.78, 5) is 10.4. The molecule has 138 valence electrons. The second-order valence-corrected chi connectivity index (χ2v) is 4.46. The number of carbonyl (C=O) groups excluding carboxylic acids is 1. The summed E-state index contributed by atoms with van der Waals surface area (Å²) in [5.74, 6) is 0. The monoisotopic (exact) mass is 337 g/mol. The highest BCUT2D eigenvalue weighted by atomic mass is 16.6. The van der Waals surface area contributed by atoms with Crippen LogP contribution in [0.4, 0.5) is 4.79 Å². The SMILES string of the molecule is CNCCOCCOCCOCCOCCOCCNC(N)=O. The number of nitrogens with two attached hydrogens (primary N) is 1. The molecule has 2 amide bonds. The molecule has 0 aromatic rings. The summed E-state index contributed by atoms with van der Waals surface area (Å²) in [6.07, 6.45) is 0. The second-order valence-electron chi connectivity index (χ2n) is 4.46. The summed E-state index contributed by atoms with van der Waals surface area (Å²) in [5.41, 5.74) is 4.90. The van der Waals surface area contributed by atoms with Gasteiger partial charge in [0.2, 0.25) is 0 Å². The Labute approximate surface area is 138 Å². The number of ether oxygens (including phenoxy) is 5. The van der Waals surface area contributed by atoms with Crippen molar-refractivity contribution < 1.29 is 28.5 Å². The molecule has 0 unspecified atom stereocenters. The highest BCUT2D eigenvalue weighted by molar-refractivity contribution is 5.71. The van der Waals surface area contributed by atoms with Crippen LogP contribution >= 0.6 is 0 Å². The molecule has 0 aliphatic rings. The van der Waals surface area contributed by atoms with E-state index in [1.165, 1.54) is 0 Å². The van der Waals surface area contributed by atoms with Gasteiger partial charge in [-0.05, 0) is 7.05 Å². The van der Waals surface area contributed by atoms with Gasteiger partial charge in [0.05, 0.1) is 66.1 Å². The van der Waals surface area contributed by atoms with Crippen LogP contribution in [-0.2, 0) is 23.7 Å². The van der Waals surface area contributed by atoms with Gasteiger partial charge in [0.25, 0.3) is 0 Å². The Hall–Kier alpha value is -0.970. The normalized spacial score (nSPS) is 10.8. The van der Waals surface area contributed by atoms with E-state index in [4.69, 9.17) is 29.4 Å². The lowest BCUT2D eigenvalue weighted by Gasteiger charge is -2.08. The first-order valence-electron chi connectivity index (χ1n) is 7.84. The van der Waals surface area contributed by atoms with Gasteiger partial charge in [-0.1, -0.05) is 0 Å². The number of primary amides is 1. The van der Waals surface area contributed by atoms with Gasteiger partial charge in [0.1, 0.15) is 0 Å². The molecule has 0 aliphatic carbocycles. The van der Waals surface area contributed by atoms with Crippen molar-refractivity contribution in [2.45, 2.75) is 0 Å². The van der Waals surface area contributed by atoms with E-state index < -0.39 is 6.03 Å².